The number of hydrogen-bond donors (Lipinski definition) is 1. The molecule has 1 heterocycles. The molecule has 1 fully saturated rings. The molecular weight excluding hydrogens is 226 g/mol. The van der Waals surface area contributed by atoms with Crippen LogP contribution in [0, 0.1) is 0 Å². The second-order valence-electron chi connectivity index (χ2n) is 3.84. The molecule has 0 amide bonds. The predicted molar refractivity (Wildman–Crippen MR) is 67.0 cm³/mol. The molecule has 1 aliphatic rings. The Morgan fingerprint density at radius 3 is 2.19 bits per heavy atom. The maximum absolute atomic E-state index is 5.26. The maximum atomic E-state index is 5.26. The highest BCUT2D eigenvalue weighted by molar-refractivity contribution is 5.85. The Balaban J connectivity index is 0.00000128. The summed E-state index contributed by atoms with van der Waals surface area (Å²) in [5.74, 6) is 2.33. The van der Waals surface area contributed by atoms with Gasteiger partial charge in [-0.15, -0.1) is 12.4 Å². The molecule has 0 bridgehead atoms. The second-order valence-corrected chi connectivity index (χ2v) is 3.84. The molecule has 1 aromatic carbocycles. The third-order valence-corrected chi connectivity index (χ3v) is 2.91. The van der Waals surface area contributed by atoms with Crippen molar-refractivity contribution in [3.63, 3.8) is 0 Å². The van der Waals surface area contributed by atoms with Crippen molar-refractivity contribution in [1.29, 1.82) is 0 Å². The van der Waals surface area contributed by atoms with Crippen molar-refractivity contribution >= 4 is 12.4 Å². The first-order valence-corrected chi connectivity index (χ1v) is 5.27. The standard InChI is InChI=1S/C12H17NO2.ClH/c1-14-11-5-10(6-12(7-11)15-2)9-3-4-13-8-9;/h5-7,9,13H,3-4,8H2,1-2H3;1H/t9-;/m0./s1. The van der Waals surface area contributed by atoms with Crippen LogP contribution in [0.2, 0.25) is 0 Å². The Labute approximate surface area is 103 Å². The number of halogens is 1. The van der Waals surface area contributed by atoms with E-state index in [4.69, 9.17) is 9.47 Å². The van der Waals surface area contributed by atoms with Crippen molar-refractivity contribution in [2.45, 2.75) is 12.3 Å². The SMILES string of the molecule is COc1cc(OC)cc([C@H]2CCNC2)c1.Cl. The minimum absolute atomic E-state index is 0. The number of nitrogens with one attached hydrogen (secondary N) is 1. The summed E-state index contributed by atoms with van der Waals surface area (Å²) in [5, 5.41) is 3.36. The van der Waals surface area contributed by atoms with E-state index in [1.54, 1.807) is 14.2 Å². The number of hydrogen-bond acceptors (Lipinski definition) is 3. The summed E-state index contributed by atoms with van der Waals surface area (Å²) in [6, 6.07) is 6.10. The van der Waals surface area contributed by atoms with Crippen molar-refractivity contribution in [2.75, 3.05) is 27.3 Å². The molecule has 0 aliphatic carbocycles. The van der Waals surface area contributed by atoms with Crippen LogP contribution in [-0.2, 0) is 0 Å². The average molecular weight is 244 g/mol. The van der Waals surface area contributed by atoms with Gasteiger partial charge in [-0.05, 0) is 36.6 Å². The van der Waals surface area contributed by atoms with Crippen molar-refractivity contribution < 1.29 is 9.47 Å². The number of rotatable bonds is 3. The van der Waals surface area contributed by atoms with Crippen LogP contribution in [0.4, 0.5) is 0 Å². The van der Waals surface area contributed by atoms with Gasteiger partial charge in [0.25, 0.3) is 0 Å². The molecule has 90 valence electrons. The highest BCUT2D eigenvalue weighted by atomic mass is 35.5. The molecule has 1 atom stereocenters. The van der Waals surface area contributed by atoms with E-state index in [9.17, 15) is 0 Å². The Morgan fingerprint density at radius 1 is 1.12 bits per heavy atom. The summed E-state index contributed by atoms with van der Waals surface area (Å²) < 4.78 is 10.5. The van der Waals surface area contributed by atoms with Gasteiger partial charge in [0.2, 0.25) is 0 Å². The van der Waals surface area contributed by atoms with Crippen LogP contribution in [0.15, 0.2) is 18.2 Å². The van der Waals surface area contributed by atoms with Crippen LogP contribution in [-0.4, -0.2) is 27.3 Å². The van der Waals surface area contributed by atoms with Crippen molar-refractivity contribution in [3.05, 3.63) is 23.8 Å². The fraction of sp³-hybridized carbons (Fsp3) is 0.500. The minimum Gasteiger partial charge on any atom is -0.497 e. The fourth-order valence-electron chi connectivity index (χ4n) is 2.00. The zero-order valence-corrected chi connectivity index (χ0v) is 10.5. The van der Waals surface area contributed by atoms with Crippen LogP contribution in [0.3, 0.4) is 0 Å². The lowest BCUT2D eigenvalue weighted by molar-refractivity contribution is 0.393. The molecule has 3 nitrogen and oxygen atoms in total. The topological polar surface area (TPSA) is 30.5 Å². The zero-order valence-electron chi connectivity index (χ0n) is 9.66. The summed E-state index contributed by atoms with van der Waals surface area (Å²) in [6.07, 6.45) is 1.19. The van der Waals surface area contributed by atoms with Crippen LogP contribution < -0.4 is 14.8 Å². The Bertz CT molecular complexity index is 316. The molecule has 1 aliphatic heterocycles. The highest BCUT2D eigenvalue weighted by Crippen LogP contribution is 2.30. The van der Waals surface area contributed by atoms with Crippen molar-refractivity contribution in [3.8, 4) is 11.5 Å². The average Bonchev–Trinajstić information content (AvgIpc) is 2.81. The molecule has 0 unspecified atom stereocenters. The van der Waals surface area contributed by atoms with Crippen molar-refractivity contribution in [1.82, 2.24) is 5.32 Å². The fourth-order valence-corrected chi connectivity index (χ4v) is 2.00. The lowest BCUT2D eigenvalue weighted by atomic mass is 9.98. The molecule has 0 saturated carbocycles. The van der Waals surface area contributed by atoms with Crippen LogP contribution in [0.5, 0.6) is 11.5 Å². The van der Waals surface area contributed by atoms with Crippen LogP contribution >= 0.6 is 12.4 Å². The first kappa shape index (κ1) is 13.1. The van der Waals surface area contributed by atoms with Gasteiger partial charge in [-0.2, -0.15) is 0 Å². The summed E-state index contributed by atoms with van der Waals surface area (Å²) in [6.45, 7) is 2.15. The van der Waals surface area contributed by atoms with E-state index in [0.717, 1.165) is 24.6 Å². The van der Waals surface area contributed by atoms with Gasteiger partial charge in [-0.3, -0.25) is 0 Å². The number of ether oxygens (including phenoxy) is 2. The van der Waals surface area contributed by atoms with E-state index in [0.29, 0.717) is 5.92 Å². The Hall–Kier alpha value is -0.930. The number of methoxy groups -OCH3 is 2. The van der Waals surface area contributed by atoms with Gasteiger partial charge >= 0.3 is 0 Å². The highest BCUT2D eigenvalue weighted by Gasteiger charge is 2.17. The lowest BCUT2D eigenvalue weighted by Gasteiger charge is -2.12. The van der Waals surface area contributed by atoms with Crippen molar-refractivity contribution in [2.24, 2.45) is 0 Å². The second kappa shape index (κ2) is 5.97. The number of benzene rings is 1. The predicted octanol–water partition coefficient (Wildman–Crippen LogP) is 2.20. The van der Waals surface area contributed by atoms with Crippen LogP contribution in [0.1, 0.15) is 17.9 Å². The molecule has 0 spiro atoms. The van der Waals surface area contributed by atoms with Gasteiger partial charge in [0.15, 0.2) is 0 Å². The molecule has 1 aromatic rings. The van der Waals surface area contributed by atoms with Crippen LogP contribution in [0.25, 0.3) is 0 Å². The largest absolute Gasteiger partial charge is 0.497 e. The van der Waals surface area contributed by atoms with E-state index in [1.807, 2.05) is 6.07 Å². The van der Waals surface area contributed by atoms with E-state index in [1.165, 1.54) is 12.0 Å². The van der Waals surface area contributed by atoms with Gasteiger partial charge in [0.05, 0.1) is 14.2 Å². The molecule has 1 saturated heterocycles. The molecule has 4 heteroatoms. The van der Waals surface area contributed by atoms with E-state index in [-0.39, 0.29) is 12.4 Å². The smallest absolute Gasteiger partial charge is 0.122 e. The third kappa shape index (κ3) is 2.80. The molecule has 0 radical (unpaired) electrons. The third-order valence-electron chi connectivity index (χ3n) is 2.91. The van der Waals surface area contributed by atoms with Gasteiger partial charge < -0.3 is 14.8 Å². The molecular formula is C12H18ClNO2. The summed E-state index contributed by atoms with van der Waals surface area (Å²) in [7, 11) is 3.37. The quantitative estimate of drug-likeness (QED) is 0.883. The van der Waals surface area contributed by atoms with Gasteiger partial charge in [-0.25, -0.2) is 0 Å². The first-order valence-electron chi connectivity index (χ1n) is 5.27. The normalized spacial score (nSPS) is 19.0. The zero-order chi connectivity index (χ0) is 10.7. The molecule has 2 rings (SSSR count). The first-order chi connectivity index (χ1) is 7.33. The maximum Gasteiger partial charge on any atom is 0.122 e. The van der Waals surface area contributed by atoms with E-state index in [2.05, 4.69) is 17.4 Å². The van der Waals surface area contributed by atoms with Gasteiger partial charge in [0, 0.05) is 12.6 Å². The molecule has 1 N–H and O–H groups in total. The lowest BCUT2D eigenvalue weighted by Crippen LogP contribution is -2.08. The van der Waals surface area contributed by atoms with Gasteiger partial charge in [0.1, 0.15) is 11.5 Å². The monoisotopic (exact) mass is 243 g/mol. The van der Waals surface area contributed by atoms with E-state index >= 15 is 0 Å². The Morgan fingerprint density at radius 2 is 1.75 bits per heavy atom. The summed E-state index contributed by atoms with van der Waals surface area (Å²) >= 11 is 0. The van der Waals surface area contributed by atoms with Gasteiger partial charge in [-0.1, -0.05) is 0 Å². The summed E-state index contributed by atoms with van der Waals surface area (Å²) in [4.78, 5) is 0. The molecule has 16 heavy (non-hydrogen) atoms. The molecule has 0 aromatic heterocycles. The summed E-state index contributed by atoms with van der Waals surface area (Å²) in [5.41, 5.74) is 1.30. The minimum atomic E-state index is 0. The Kier molecular flexibility index (Phi) is 4.90. The van der Waals surface area contributed by atoms with E-state index < -0.39 is 0 Å².